The van der Waals surface area contributed by atoms with Gasteiger partial charge >= 0.3 is 17.9 Å². The van der Waals surface area contributed by atoms with Gasteiger partial charge in [-0.05, 0) is 67.6 Å². The van der Waals surface area contributed by atoms with E-state index in [-0.39, 0.29) is 52.0 Å². The van der Waals surface area contributed by atoms with Gasteiger partial charge < -0.3 is 28.9 Å². The van der Waals surface area contributed by atoms with E-state index in [4.69, 9.17) is 23.8 Å². The van der Waals surface area contributed by atoms with Crippen molar-refractivity contribution in [2.45, 2.75) is 53.1 Å². The molecule has 1 aliphatic rings. The molecule has 3 unspecified atom stereocenters. The van der Waals surface area contributed by atoms with Crippen molar-refractivity contribution >= 4 is 45.7 Å². The van der Waals surface area contributed by atoms with E-state index in [9.17, 15) is 19.5 Å². The molecule has 3 aromatic rings. The van der Waals surface area contributed by atoms with E-state index in [1.807, 2.05) is 43.3 Å². The van der Waals surface area contributed by atoms with Crippen molar-refractivity contribution < 1.29 is 43.3 Å². The molecule has 0 spiro atoms. The van der Waals surface area contributed by atoms with Gasteiger partial charge in [0.05, 0.1) is 36.2 Å². The van der Waals surface area contributed by atoms with Crippen LogP contribution in [-0.4, -0.2) is 75.0 Å². The predicted molar refractivity (Wildman–Crippen MR) is 170 cm³/mol. The number of hydrogen-bond donors (Lipinski definition) is 1. The lowest BCUT2D eigenvalue weighted by Gasteiger charge is -2.33. The zero-order valence-corrected chi connectivity index (χ0v) is 26.5. The van der Waals surface area contributed by atoms with E-state index < -0.39 is 34.7 Å². The zero-order chi connectivity index (χ0) is 32.5. The van der Waals surface area contributed by atoms with Crippen LogP contribution in [0.25, 0.3) is 21.5 Å². The Morgan fingerprint density at radius 3 is 2.18 bits per heavy atom. The van der Waals surface area contributed by atoms with Gasteiger partial charge in [0.2, 0.25) is 0 Å². The minimum absolute atomic E-state index is 0.0352. The average molecular weight is 622 g/mol. The monoisotopic (exact) mass is 621 g/mol. The SMILES string of the molecule is CCC(C)(CC(CC(C)(C)C(=O)OCCON=Cc1c2ccccc2cc2ccccc12)C(=O)OCCO)C(=O)OCC1CO1. The lowest BCUT2D eigenvalue weighted by Crippen LogP contribution is -2.38. The Hall–Kier alpha value is -4.02. The highest BCUT2D eigenvalue weighted by Gasteiger charge is 2.43. The minimum atomic E-state index is -1.09. The summed E-state index contributed by atoms with van der Waals surface area (Å²) in [7, 11) is 0. The average Bonchev–Trinajstić information content (AvgIpc) is 3.87. The number of epoxide rings is 1. The first-order valence-electron chi connectivity index (χ1n) is 15.4. The maximum Gasteiger partial charge on any atom is 0.311 e. The first-order valence-corrected chi connectivity index (χ1v) is 15.4. The van der Waals surface area contributed by atoms with Crippen molar-refractivity contribution in [2.24, 2.45) is 21.9 Å². The Morgan fingerprint density at radius 2 is 1.58 bits per heavy atom. The third-order valence-corrected chi connectivity index (χ3v) is 8.23. The molecule has 1 N–H and O–H groups in total. The summed E-state index contributed by atoms with van der Waals surface area (Å²) in [4.78, 5) is 44.5. The number of hydrogen-bond acceptors (Lipinski definition) is 10. The molecule has 0 amide bonds. The minimum Gasteiger partial charge on any atom is -0.463 e. The molecule has 1 heterocycles. The van der Waals surface area contributed by atoms with Gasteiger partial charge in [0, 0.05) is 5.56 Å². The summed E-state index contributed by atoms with van der Waals surface area (Å²) in [5, 5.41) is 17.6. The van der Waals surface area contributed by atoms with Crippen LogP contribution in [0.5, 0.6) is 0 Å². The number of aliphatic hydroxyl groups is 1. The standard InChI is InChI=1S/C35H43NO9/c1-5-35(4,33(40)44-23-27-22-43-27)20-26(31(38)41-15-14-37)19-34(2,3)32(39)42-16-17-45-36-21-30-28-12-8-6-10-24(28)18-25-11-7-9-13-29(25)30/h6-13,18,21,26-27,37H,5,14-17,19-20,22-23H2,1-4H3. The molecular weight excluding hydrogens is 578 g/mol. The van der Waals surface area contributed by atoms with Crippen LogP contribution in [-0.2, 0) is 38.2 Å². The molecule has 1 aliphatic heterocycles. The molecule has 3 atom stereocenters. The highest BCUT2D eigenvalue weighted by atomic mass is 16.6. The summed E-state index contributed by atoms with van der Waals surface area (Å²) in [6.45, 7) is 7.13. The quantitative estimate of drug-likeness (QED) is 0.0411. The van der Waals surface area contributed by atoms with Crippen molar-refractivity contribution in [3.8, 4) is 0 Å². The van der Waals surface area contributed by atoms with Crippen LogP contribution >= 0.6 is 0 Å². The number of carbonyl (C=O) groups is 3. The molecule has 0 bridgehead atoms. The first kappa shape index (κ1) is 33.9. The largest absolute Gasteiger partial charge is 0.463 e. The highest BCUT2D eigenvalue weighted by molar-refractivity contribution is 6.13. The van der Waals surface area contributed by atoms with Crippen LogP contribution in [0.1, 0.15) is 52.5 Å². The summed E-state index contributed by atoms with van der Waals surface area (Å²) >= 11 is 0. The van der Waals surface area contributed by atoms with Gasteiger partial charge in [0.1, 0.15) is 25.9 Å². The predicted octanol–water partition coefficient (Wildman–Crippen LogP) is 5.20. The molecule has 1 fully saturated rings. The highest BCUT2D eigenvalue weighted by Crippen LogP contribution is 2.38. The van der Waals surface area contributed by atoms with Crippen molar-refractivity contribution in [1.29, 1.82) is 0 Å². The fourth-order valence-electron chi connectivity index (χ4n) is 5.32. The van der Waals surface area contributed by atoms with Crippen LogP contribution in [0, 0.1) is 16.7 Å². The Bertz CT molecular complexity index is 1460. The third kappa shape index (κ3) is 9.02. The number of ether oxygens (including phenoxy) is 4. The Labute approximate surface area is 263 Å². The Kier molecular flexibility index (Phi) is 11.5. The van der Waals surface area contributed by atoms with E-state index in [0.29, 0.717) is 13.0 Å². The van der Waals surface area contributed by atoms with Gasteiger partial charge in [-0.25, -0.2) is 0 Å². The lowest BCUT2D eigenvalue weighted by molar-refractivity contribution is -0.163. The molecule has 10 heteroatoms. The molecular formula is C35H43NO9. The normalized spacial score (nSPS) is 16.7. The molecule has 0 aromatic heterocycles. The number of fused-ring (bicyclic) bond motifs is 2. The van der Waals surface area contributed by atoms with Crippen LogP contribution < -0.4 is 0 Å². The number of benzene rings is 3. The third-order valence-electron chi connectivity index (χ3n) is 8.23. The second-order valence-electron chi connectivity index (χ2n) is 12.3. The fourth-order valence-corrected chi connectivity index (χ4v) is 5.32. The van der Waals surface area contributed by atoms with Gasteiger partial charge in [-0.2, -0.15) is 0 Å². The first-order chi connectivity index (χ1) is 21.6. The lowest BCUT2D eigenvalue weighted by atomic mass is 9.73. The fraction of sp³-hybridized carbons (Fsp3) is 0.486. The number of rotatable bonds is 17. The second-order valence-corrected chi connectivity index (χ2v) is 12.3. The summed E-state index contributed by atoms with van der Waals surface area (Å²) in [6, 6.07) is 18.3. The Balaban J connectivity index is 1.34. The smallest absolute Gasteiger partial charge is 0.311 e. The number of carbonyl (C=O) groups excluding carboxylic acids is 3. The molecule has 3 aromatic carbocycles. The summed E-state index contributed by atoms with van der Waals surface area (Å²) in [5.41, 5.74) is -1.14. The van der Waals surface area contributed by atoms with Crippen LogP contribution in [0.4, 0.5) is 0 Å². The van der Waals surface area contributed by atoms with Crippen molar-refractivity contribution in [3.05, 3.63) is 60.2 Å². The van der Waals surface area contributed by atoms with E-state index >= 15 is 0 Å². The van der Waals surface area contributed by atoms with Crippen LogP contribution in [0.2, 0.25) is 0 Å². The number of nitrogens with zero attached hydrogens (tertiary/aromatic N) is 1. The van der Waals surface area contributed by atoms with Gasteiger partial charge in [0.15, 0.2) is 6.61 Å². The van der Waals surface area contributed by atoms with Crippen molar-refractivity contribution in [3.63, 3.8) is 0 Å². The molecule has 242 valence electrons. The van der Waals surface area contributed by atoms with Gasteiger partial charge in [0.25, 0.3) is 0 Å². The second kappa shape index (κ2) is 15.3. The van der Waals surface area contributed by atoms with Crippen LogP contribution in [0.3, 0.4) is 0 Å². The topological polar surface area (TPSA) is 133 Å². The summed E-state index contributed by atoms with van der Waals surface area (Å²) in [6.07, 6.45) is 2.18. The van der Waals surface area contributed by atoms with Crippen molar-refractivity contribution in [1.82, 2.24) is 0 Å². The van der Waals surface area contributed by atoms with Gasteiger partial charge in [-0.1, -0.05) is 60.6 Å². The number of aliphatic hydroxyl groups excluding tert-OH is 1. The molecule has 0 saturated carbocycles. The zero-order valence-electron chi connectivity index (χ0n) is 26.5. The maximum atomic E-state index is 13.1. The van der Waals surface area contributed by atoms with Gasteiger partial charge in [-0.3, -0.25) is 14.4 Å². The molecule has 0 radical (unpaired) electrons. The number of esters is 3. The van der Waals surface area contributed by atoms with Gasteiger partial charge in [-0.15, -0.1) is 0 Å². The molecule has 10 nitrogen and oxygen atoms in total. The molecule has 1 saturated heterocycles. The summed E-state index contributed by atoms with van der Waals surface area (Å²) in [5.74, 6) is -2.37. The number of oxime groups is 1. The van der Waals surface area contributed by atoms with E-state index in [2.05, 4.69) is 23.4 Å². The van der Waals surface area contributed by atoms with E-state index in [0.717, 1.165) is 27.1 Å². The Morgan fingerprint density at radius 1 is 0.933 bits per heavy atom. The molecule has 4 rings (SSSR count). The molecule has 0 aliphatic carbocycles. The maximum absolute atomic E-state index is 13.1. The van der Waals surface area contributed by atoms with E-state index in [1.54, 1.807) is 27.0 Å². The van der Waals surface area contributed by atoms with E-state index in [1.165, 1.54) is 0 Å². The van der Waals surface area contributed by atoms with Crippen LogP contribution in [0.15, 0.2) is 59.8 Å². The molecule has 45 heavy (non-hydrogen) atoms. The summed E-state index contributed by atoms with van der Waals surface area (Å²) < 4.78 is 21.3. The van der Waals surface area contributed by atoms with Crippen molar-refractivity contribution in [2.75, 3.05) is 39.6 Å².